The molecule has 1 aromatic rings. The number of hydrogen-bond acceptors (Lipinski definition) is 2. The lowest BCUT2D eigenvalue weighted by Gasteiger charge is -2.31. The molecule has 0 aromatic heterocycles. The molecule has 2 atom stereocenters. The van der Waals surface area contributed by atoms with Crippen molar-refractivity contribution >= 4 is 17.5 Å². The summed E-state index contributed by atoms with van der Waals surface area (Å²) >= 11 is 5.99. The molecule has 1 aromatic carbocycles. The molecule has 0 aliphatic rings. The maximum Gasteiger partial charge on any atom is 0.240 e. The van der Waals surface area contributed by atoms with Gasteiger partial charge in [-0.05, 0) is 37.5 Å². The van der Waals surface area contributed by atoms with Gasteiger partial charge < -0.3 is 10.6 Å². The number of nitrogens with zero attached hydrogens (tertiary/aromatic N) is 1. The van der Waals surface area contributed by atoms with E-state index >= 15 is 0 Å². The molecule has 0 fully saturated rings. The predicted molar refractivity (Wildman–Crippen MR) is 84.6 cm³/mol. The Hall–Kier alpha value is -1.06. The van der Waals surface area contributed by atoms with Crippen molar-refractivity contribution in [1.82, 2.24) is 4.90 Å². The van der Waals surface area contributed by atoms with Crippen LogP contribution in [0.1, 0.15) is 39.7 Å². The van der Waals surface area contributed by atoms with Crippen molar-refractivity contribution in [3.63, 3.8) is 0 Å². The third-order valence-corrected chi connectivity index (χ3v) is 3.93. The molecule has 2 unspecified atom stereocenters. The lowest BCUT2D eigenvalue weighted by molar-refractivity contribution is -0.136. The second-order valence-corrected chi connectivity index (χ2v) is 6.04. The van der Waals surface area contributed by atoms with Crippen LogP contribution in [0.25, 0.3) is 0 Å². The van der Waals surface area contributed by atoms with Gasteiger partial charge in [-0.15, -0.1) is 0 Å². The Morgan fingerprint density at radius 3 is 2.50 bits per heavy atom. The minimum atomic E-state index is -0.443. The first kappa shape index (κ1) is 17.0. The van der Waals surface area contributed by atoms with Crippen LogP contribution in [0.4, 0.5) is 0 Å². The molecule has 4 heteroatoms. The fourth-order valence-electron chi connectivity index (χ4n) is 2.04. The van der Waals surface area contributed by atoms with E-state index in [0.29, 0.717) is 11.6 Å². The number of carbonyl (C=O) groups excluding carboxylic acids is 1. The summed E-state index contributed by atoms with van der Waals surface area (Å²) in [6.45, 7) is 8.62. The highest BCUT2D eigenvalue weighted by Gasteiger charge is 2.26. The van der Waals surface area contributed by atoms with Gasteiger partial charge in [0.15, 0.2) is 0 Å². The lowest BCUT2D eigenvalue weighted by Crippen LogP contribution is -2.49. The monoisotopic (exact) mass is 296 g/mol. The maximum absolute atomic E-state index is 12.5. The first-order chi connectivity index (χ1) is 9.36. The van der Waals surface area contributed by atoms with Gasteiger partial charge in [-0.3, -0.25) is 4.79 Å². The summed E-state index contributed by atoms with van der Waals surface area (Å²) in [6, 6.07) is 7.26. The number of carbonyl (C=O) groups is 1. The molecular weight excluding hydrogens is 272 g/mol. The summed E-state index contributed by atoms with van der Waals surface area (Å²) in [7, 11) is 0. The fourth-order valence-corrected chi connectivity index (χ4v) is 2.25. The minimum absolute atomic E-state index is 0.00863. The van der Waals surface area contributed by atoms with Crippen LogP contribution >= 0.6 is 11.6 Å². The molecule has 0 saturated carbocycles. The van der Waals surface area contributed by atoms with Crippen LogP contribution in [-0.4, -0.2) is 22.9 Å². The molecule has 0 aliphatic heterocycles. The lowest BCUT2D eigenvalue weighted by atomic mass is 9.98. The van der Waals surface area contributed by atoms with Crippen LogP contribution < -0.4 is 5.73 Å². The van der Waals surface area contributed by atoms with E-state index in [1.54, 1.807) is 0 Å². The van der Waals surface area contributed by atoms with Crippen molar-refractivity contribution in [3.05, 3.63) is 34.9 Å². The highest BCUT2D eigenvalue weighted by molar-refractivity contribution is 6.30. The molecule has 0 bridgehead atoms. The first-order valence-electron chi connectivity index (χ1n) is 7.17. The zero-order valence-corrected chi connectivity index (χ0v) is 13.5. The van der Waals surface area contributed by atoms with Crippen molar-refractivity contribution in [3.8, 4) is 0 Å². The van der Waals surface area contributed by atoms with Gasteiger partial charge in [0.25, 0.3) is 0 Å². The molecule has 1 rings (SSSR count). The van der Waals surface area contributed by atoms with Crippen LogP contribution in [0.5, 0.6) is 0 Å². The number of amides is 1. The fraction of sp³-hybridized carbons (Fsp3) is 0.562. The van der Waals surface area contributed by atoms with Crippen molar-refractivity contribution in [2.75, 3.05) is 0 Å². The Labute approximate surface area is 127 Å². The largest absolute Gasteiger partial charge is 0.335 e. The molecule has 112 valence electrons. The molecule has 2 N–H and O–H groups in total. The summed E-state index contributed by atoms with van der Waals surface area (Å²) in [5, 5.41) is 0.685. The Bertz CT molecular complexity index is 448. The Morgan fingerprint density at radius 2 is 2.00 bits per heavy atom. The van der Waals surface area contributed by atoms with Gasteiger partial charge in [-0.25, -0.2) is 0 Å². The van der Waals surface area contributed by atoms with Gasteiger partial charge >= 0.3 is 0 Å². The van der Waals surface area contributed by atoms with Crippen molar-refractivity contribution < 1.29 is 4.79 Å². The first-order valence-corrected chi connectivity index (χ1v) is 7.55. The summed E-state index contributed by atoms with van der Waals surface area (Å²) in [6.07, 6.45) is 0.899. The van der Waals surface area contributed by atoms with E-state index in [2.05, 4.69) is 6.92 Å². The maximum atomic E-state index is 12.5. The second-order valence-electron chi connectivity index (χ2n) is 5.60. The van der Waals surface area contributed by atoms with E-state index in [1.165, 1.54) is 0 Å². The van der Waals surface area contributed by atoms with Gasteiger partial charge in [0.05, 0.1) is 6.04 Å². The average molecular weight is 297 g/mol. The SMILES string of the molecule is CCC(C)C(N)C(=O)N(Cc1cccc(Cl)c1)C(C)C. The summed E-state index contributed by atoms with van der Waals surface area (Å²) in [4.78, 5) is 14.4. The third kappa shape index (κ3) is 4.50. The Morgan fingerprint density at radius 1 is 1.35 bits per heavy atom. The molecule has 0 radical (unpaired) electrons. The van der Waals surface area contributed by atoms with Crippen LogP contribution in [0.2, 0.25) is 5.02 Å². The van der Waals surface area contributed by atoms with Crippen LogP contribution in [0.15, 0.2) is 24.3 Å². The van der Waals surface area contributed by atoms with E-state index in [9.17, 15) is 4.79 Å². The molecule has 20 heavy (non-hydrogen) atoms. The Balaban J connectivity index is 2.87. The minimum Gasteiger partial charge on any atom is -0.335 e. The second kappa shape index (κ2) is 7.65. The molecule has 1 amide bonds. The normalized spacial score (nSPS) is 14.2. The van der Waals surface area contributed by atoms with Crippen molar-refractivity contribution in [2.24, 2.45) is 11.7 Å². The number of halogens is 1. The standard InChI is InChI=1S/C16H25ClN2O/c1-5-12(4)15(18)16(20)19(11(2)3)10-13-7-6-8-14(17)9-13/h6-9,11-12,15H,5,10,18H2,1-4H3. The number of hydrogen-bond donors (Lipinski definition) is 1. The number of rotatable bonds is 6. The molecule has 0 spiro atoms. The summed E-state index contributed by atoms with van der Waals surface area (Å²) in [5.74, 6) is 0.192. The van der Waals surface area contributed by atoms with Crippen molar-refractivity contribution in [2.45, 2.75) is 52.7 Å². The highest BCUT2D eigenvalue weighted by Crippen LogP contribution is 2.17. The Kier molecular flexibility index (Phi) is 6.50. The van der Waals surface area contributed by atoms with Crippen molar-refractivity contribution in [1.29, 1.82) is 0 Å². The molecule has 0 aliphatic carbocycles. The molecular formula is C16H25ClN2O. The van der Waals surface area contributed by atoms with E-state index in [1.807, 2.05) is 49.9 Å². The smallest absolute Gasteiger partial charge is 0.240 e. The third-order valence-electron chi connectivity index (χ3n) is 3.69. The van der Waals surface area contributed by atoms with E-state index < -0.39 is 6.04 Å². The predicted octanol–water partition coefficient (Wildman–Crippen LogP) is 3.45. The summed E-state index contributed by atoms with van der Waals surface area (Å²) < 4.78 is 0. The average Bonchev–Trinajstić information content (AvgIpc) is 2.42. The van der Waals surface area contributed by atoms with Crippen LogP contribution in [-0.2, 0) is 11.3 Å². The van der Waals surface area contributed by atoms with Gasteiger partial charge in [-0.1, -0.05) is 44.0 Å². The van der Waals surface area contributed by atoms with E-state index in [4.69, 9.17) is 17.3 Å². The summed E-state index contributed by atoms with van der Waals surface area (Å²) in [5.41, 5.74) is 7.10. The molecule has 0 saturated heterocycles. The van der Waals surface area contributed by atoms with Gasteiger partial charge in [0.1, 0.15) is 0 Å². The van der Waals surface area contributed by atoms with E-state index in [0.717, 1.165) is 12.0 Å². The van der Waals surface area contributed by atoms with Gasteiger partial charge in [0, 0.05) is 17.6 Å². The molecule has 3 nitrogen and oxygen atoms in total. The van der Waals surface area contributed by atoms with Gasteiger partial charge in [-0.2, -0.15) is 0 Å². The van der Waals surface area contributed by atoms with Crippen LogP contribution in [0, 0.1) is 5.92 Å². The quantitative estimate of drug-likeness (QED) is 0.874. The number of nitrogens with two attached hydrogens (primary N) is 1. The zero-order valence-electron chi connectivity index (χ0n) is 12.8. The van der Waals surface area contributed by atoms with Crippen LogP contribution in [0.3, 0.4) is 0 Å². The van der Waals surface area contributed by atoms with Gasteiger partial charge in [0.2, 0.25) is 5.91 Å². The van der Waals surface area contributed by atoms with E-state index in [-0.39, 0.29) is 17.9 Å². The highest BCUT2D eigenvalue weighted by atomic mass is 35.5. The zero-order chi connectivity index (χ0) is 15.3. The topological polar surface area (TPSA) is 46.3 Å². The number of benzene rings is 1. The molecule has 0 heterocycles.